The Morgan fingerprint density at radius 2 is 1.71 bits per heavy atom. The summed E-state index contributed by atoms with van der Waals surface area (Å²) in [7, 11) is 3.99. The number of hydrogen-bond acceptors (Lipinski definition) is 4. The number of nitrogens with one attached hydrogen (secondary N) is 2. The molecular weight excluding hydrogens is 430 g/mol. The lowest BCUT2D eigenvalue weighted by atomic mass is 10.0. The lowest BCUT2D eigenvalue weighted by Gasteiger charge is -2.24. The summed E-state index contributed by atoms with van der Waals surface area (Å²) in [4.78, 5) is 28.9. The Labute approximate surface area is 192 Å². The second-order valence-electron chi connectivity index (χ2n) is 7.42. The first-order valence-electron chi connectivity index (χ1n) is 10.0. The lowest BCUT2D eigenvalue weighted by Crippen LogP contribution is -2.37. The summed E-state index contributed by atoms with van der Waals surface area (Å²) >= 11 is 7.84. The summed E-state index contributed by atoms with van der Waals surface area (Å²) in [6, 6.07) is 20.1. The molecule has 0 saturated heterocycles. The topological polar surface area (TPSA) is 61.4 Å². The van der Waals surface area contributed by atoms with Gasteiger partial charge in [-0.3, -0.25) is 9.59 Å². The molecule has 1 aromatic heterocycles. The standard InChI is InChI=1S/C24H26ClN3O2S/c1-28(2)21(22-13-8-14-31-22)16-26-23(29)15-20(17-9-4-3-5-10-17)27-24(30)18-11-6-7-12-19(18)25/h3-14,20-21H,15-16H2,1-2H3,(H,26,29)(H,27,30). The van der Waals surface area contributed by atoms with Crippen LogP contribution in [0.3, 0.4) is 0 Å². The zero-order valence-electron chi connectivity index (χ0n) is 17.5. The number of nitrogens with zero attached hydrogens (tertiary/aromatic N) is 1. The van der Waals surface area contributed by atoms with Crippen molar-refractivity contribution >= 4 is 34.8 Å². The molecule has 31 heavy (non-hydrogen) atoms. The van der Waals surface area contributed by atoms with Crippen LogP contribution in [0.5, 0.6) is 0 Å². The molecule has 7 heteroatoms. The van der Waals surface area contributed by atoms with E-state index in [1.165, 1.54) is 4.88 Å². The van der Waals surface area contributed by atoms with Gasteiger partial charge in [-0.2, -0.15) is 0 Å². The van der Waals surface area contributed by atoms with Crippen molar-refractivity contribution in [3.05, 3.63) is 93.1 Å². The van der Waals surface area contributed by atoms with Crippen molar-refractivity contribution in [2.24, 2.45) is 0 Å². The normalized spacial score (nSPS) is 12.9. The quantitative estimate of drug-likeness (QED) is 0.492. The lowest BCUT2D eigenvalue weighted by molar-refractivity contribution is -0.121. The predicted molar refractivity (Wildman–Crippen MR) is 126 cm³/mol. The van der Waals surface area contributed by atoms with Gasteiger partial charge in [-0.25, -0.2) is 0 Å². The van der Waals surface area contributed by atoms with Crippen LogP contribution >= 0.6 is 22.9 Å². The van der Waals surface area contributed by atoms with Crippen LogP contribution in [0.15, 0.2) is 72.1 Å². The second-order valence-corrected chi connectivity index (χ2v) is 8.81. The monoisotopic (exact) mass is 455 g/mol. The Hall–Kier alpha value is -2.67. The van der Waals surface area contributed by atoms with Gasteiger partial charge in [0.15, 0.2) is 0 Å². The number of likely N-dealkylation sites (N-methyl/N-ethyl adjacent to an activating group) is 1. The molecule has 0 fully saturated rings. The van der Waals surface area contributed by atoms with Crippen LogP contribution in [0.4, 0.5) is 0 Å². The van der Waals surface area contributed by atoms with E-state index >= 15 is 0 Å². The maximum atomic E-state index is 12.8. The number of hydrogen-bond donors (Lipinski definition) is 2. The molecule has 2 N–H and O–H groups in total. The zero-order valence-corrected chi connectivity index (χ0v) is 19.1. The second kappa shape index (κ2) is 11.1. The molecule has 0 aliphatic rings. The molecule has 1 heterocycles. The molecule has 0 radical (unpaired) electrons. The van der Waals surface area contributed by atoms with Crippen molar-refractivity contribution in [3.63, 3.8) is 0 Å². The van der Waals surface area contributed by atoms with Crippen LogP contribution in [0.2, 0.25) is 5.02 Å². The minimum Gasteiger partial charge on any atom is -0.354 e. The van der Waals surface area contributed by atoms with Gasteiger partial charge in [-0.1, -0.05) is 60.1 Å². The van der Waals surface area contributed by atoms with Crippen LogP contribution in [0, 0.1) is 0 Å². The van der Waals surface area contributed by atoms with Crippen molar-refractivity contribution in [1.82, 2.24) is 15.5 Å². The third-order valence-corrected chi connectivity index (χ3v) is 6.31. The summed E-state index contributed by atoms with van der Waals surface area (Å²) in [5, 5.41) is 8.40. The Morgan fingerprint density at radius 1 is 1.00 bits per heavy atom. The first-order valence-corrected chi connectivity index (χ1v) is 11.3. The van der Waals surface area contributed by atoms with Crippen molar-refractivity contribution < 1.29 is 9.59 Å². The number of benzene rings is 2. The van der Waals surface area contributed by atoms with Crippen LogP contribution < -0.4 is 10.6 Å². The molecular formula is C24H26ClN3O2S. The third-order valence-electron chi connectivity index (χ3n) is 5.00. The fourth-order valence-corrected chi connectivity index (χ4v) is 4.45. The van der Waals surface area contributed by atoms with Gasteiger partial charge >= 0.3 is 0 Å². The Kier molecular flexibility index (Phi) is 8.23. The Balaban J connectivity index is 1.69. The molecule has 0 spiro atoms. The Morgan fingerprint density at radius 3 is 2.35 bits per heavy atom. The van der Waals surface area contributed by atoms with Crippen LogP contribution in [0.1, 0.15) is 39.3 Å². The van der Waals surface area contributed by atoms with Gasteiger partial charge < -0.3 is 15.5 Å². The molecule has 0 aliphatic carbocycles. The van der Waals surface area contributed by atoms with E-state index in [-0.39, 0.29) is 24.3 Å². The first-order chi connectivity index (χ1) is 15.0. The van der Waals surface area contributed by atoms with E-state index in [0.29, 0.717) is 17.1 Å². The highest BCUT2D eigenvalue weighted by Crippen LogP contribution is 2.23. The van der Waals surface area contributed by atoms with Gasteiger partial charge in [0.2, 0.25) is 5.91 Å². The van der Waals surface area contributed by atoms with E-state index in [2.05, 4.69) is 21.6 Å². The van der Waals surface area contributed by atoms with E-state index in [1.54, 1.807) is 35.6 Å². The van der Waals surface area contributed by atoms with Crippen molar-refractivity contribution in [1.29, 1.82) is 0 Å². The average Bonchev–Trinajstić information content (AvgIpc) is 3.28. The highest BCUT2D eigenvalue weighted by Gasteiger charge is 2.22. The van der Waals surface area contributed by atoms with E-state index in [1.807, 2.05) is 55.9 Å². The predicted octanol–water partition coefficient (Wildman–Crippen LogP) is 4.68. The van der Waals surface area contributed by atoms with E-state index in [4.69, 9.17) is 11.6 Å². The first kappa shape index (κ1) is 23.0. The van der Waals surface area contributed by atoms with E-state index < -0.39 is 6.04 Å². The fraction of sp³-hybridized carbons (Fsp3) is 0.250. The number of amides is 2. The minimum absolute atomic E-state index is 0.0943. The molecule has 5 nitrogen and oxygen atoms in total. The highest BCUT2D eigenvalue weighted by atomic mass is 35.5. The molecule has 2 aromatic carbocycles. The largest absolute Gasteiger partial charge is 0.354 e. The zero-order chi connectivity index (χ0) is 22.2. The van der Waals surface area contributed by atoms with Crippen molar-refractivity contribution in [2.45, 2.75) is 18.5 Å². The summed E-state index contributed by atoms with van der Waals surface area (Å²) in [5.41, 5.74) is 1.25. The number of halogens is 1. The van der Waals surface area contributed by atoms with Gasteiger partial charge in [-0.05, 0) is 43.2 Å². The molecule has 2 amide bonds. The van der Waals surface area contributed by atoms with Gasteiger partial charge in [0.1, 0.15) is 0 Å². The number of carbonyl (C=O) groups excluding carboxylic acids is 2. The molecule has 2 unspecified atom stereocenters. The van der Waals surface area contributed by atoms with Gasteiger partial charge in [0.05, 0.1) is 29.1 Å². The molecule has 162 valence electrons. The van der Waals surface area contributed by atoms with Gasteiger partial charge in [0, 0.05) is 11.4 Å². The summed E-state index contributed by atoms with van der Waals surface area (Å²) in [6.45, 7) is 0.492. The molecule has 0 aliphatic heterocycles. The van der Waals surface area contributed by atoms with Crippen LogP contribution in [-0.4, -0.2) is 37.4 Å². The van der Waals surface area contributed by atoms with Gasteiger partial charge in [0.25, 0.3) is 5.91 Å². The SMILES string of the molecule is CN(C)C(CNC(=O)CC(NC(=O)c1ccccc1Cl)c1ccccc1)c1cccs1. The summed E-state index contributed by atoms with van der Waals surface area (Å²) in [5.74, 6) is -0.436. The molecule has 0 saturated carbocycles. The van der Waals surface area contributed by atoms with Crippen LogP contribution in [0.25, 0.3) is 0 Å². The summed E-state index contributed by atoms with van der Waals surface area (Å²) in [6.07, 6.45) is 0.130. The highest BCUT2D eigenvalue weighted by molar-refractivity contribution is 7.10. The number of rotatable bonds is 9. The molecule has 0 bridgehead atoms. The molecule has 3 aromatic rings. The maximum absolute atomic E-state index is 12.8. The Bertz CT molecular complexity index is 993. The van der Waals surface area contributed by atoms with Crippen LogP contribution in [-0.2, 0) is 4.79 Å². The van der Waals surface area contributed by atoms with E-state index in [9.17, 15) is 9.59 Å². The van der Waals surface area contributed by atoms with E-state index in [0.717, 1.165) is 5.56 Å². The fourth-order valence-electron chi connectivity index (χ4n) is 3.31. The maximum Gasteiger partial charge on any atom is 0.253 e. The average molecular weight is 456 g/mol. The van der Waals surface area contributed by atoms with Crippen molar-refractivity contribution in [2.75, 3.05) is 20.6 Å². The minimum atomic E-state index is -0.468. The van der Waals surface area contributed by atoms with Crippen molar-refractivity contribution in [3.8, 4) is 0 Å². The van der Waals surface area contributed by atoms with Gasteiger partial charge in [-0.15, -0.1) is 11.3 Å². The smallest absolute Gasteiger partial charge is 0.253 e. The number of thiophene rings is 1. The molecule has 2 atom stereocenters. The molecule has 3 rings (SSSR count). The summed E-state index contributed by atoms with van der Waals surface area (Å²) < 4.78 is 0. The number of carbonyl (C=O) groups is 2. The third kappa shape index (κ3) is 6.40.